The van der Waals surface area contributed by atoms with Crippen molar-refractivity contribution in [2.24, 2.45) is 5.92 Å². The van der Waals surface area contributed by atoms with Gasteiger partial charge in [0.2, 0.25) is 0 Å². The summed E-state index contributed by atoms with van der Waals surface area (Å²) in [6, 6.07) is 5.68. The maximum absolute atomic E-state index is 10.1. The van der Waals surface area contributed by atoms with E-state index in [1.54, 1.807) is 6.07 Å². The van der Waals surface area contributed by atoms with Crippen LogP contribution in [0.4, 0.5) is 0 Å². The van der Waals surface area contributed by atoms with Gasteiger partial charge in [0.25, 0.3) is 0 Å². The molecule has 1 atom stereocenters. The summed E-state index contributed by atoms with van der Waals surface area (Å²) in [5.74, 6) is 1.94. The summed E-state index contributed by atoms with van der Waals surface area (Å²) in [6.07, 6.45) is 3.52. The van der Waals surface area contributed by atoms with E-state index in [1.165, 1.54) is 12.8 Å². The Morgan fingerprint density at radius 2 is 2.21 bits per heavy atom. The Kier molecular flexibility index (Phi) is 5.08. The lowest BCUT2D eigenvalue weighted by atomic mass is 10.1. The molecule has 1 unspecified atom stereocenters. The van der Waals surface area contributed by atoms with Crippen LogP contribution in [0, 0.1) is 5.92 Å². The highest BCUT2D eigenvalue weighted by molar-refractivity contribution is 5.39. The predicted molar refractivity (Wildman–Crippen MR) is 77.6 cm³/mol. The maximum Gasteiger partial charge on any atom is 0.123 e. The molecule has 19 heavy (non-hydrogen) atoms. The molecule has 0 radical (unpaired) electrons. The second-order valence-corrected chi connectivity index (χ2v) is 5.44. The summed E-state index contributed by atoms with van der Waals surface area (Å²) in [6.45, 7) is 8.17. The molecule has 1 aliphatic rings. The van der Waals surface area contributed by atoms with Gasteiger partial charge in [-0.15, -0.1) is 0 Å². The largest absolute Gasteiger partial charge is 0.507 e. The summed E-state index contributed by atoms with van der Waals surface area (Å²) < 4.78 is 5.52. The molecular formula is C16H25NO2. The maximum atomic E-state index is 10.1. The zero-order chi connectivity index (χ0) is 13.7. The zero-order valence-electron chi connectivity index (χ0n) is 12.1. The Balaban J connectivity index is 1.93. The molecule has 1 fully saturated rings. The number of hydrogen-bond donors (Lipinski definition) is 1. The van der Waals surface area contributed by atoms with E-state index < -0.39 is 0 Å². The number of ether oxygens (including phenoxy) is 1. The van der Waals surface area contributed by atoms with Gasteiger partial charge in [-0.2, -0.15) is 0 Å². The first-order valence-corrected chi connectivity index (χ1v) is 7.40. The van der Waals surface area contributed by atoms with Crippen LogP contribution in [-0.2, 0) is 6.54 Å². The van der Waals surface area contributed by atoms with Crippen molar-refractivity contribution in [3.63, 3.8) is 0 Å². The van der Waals surface area contributed by atoms with E-state index in [0.717, 1.165) is 43.3 Å². The van der Waals surface area contributed by atoms with Crippen LogP contribution in [0.2, 0.25) is 0 Å². The van der Waals surface area contributed by atoms with Crippen molar-refractivity contribution in [2.45, 2.75) is 39.7 Å². The monoisotopic (exact) mass is 263 g/mol. The van der Waals surface area contributed by atoms with Gasteiger partial charge in [-0.05, 0) is 31.4 Å². The molecule has 1 saturated heterocycles. The van der Waals surface area contributed by atoms with Gasteiger partial charge in [-0.3, -0.25) is 4.90 Å². The molecule has 0 saturated carbocycles. The van der Waals surface area contributed by atoms with Crippen LogP contribution in [0.5, 0.6) is 11.5 Å². The fourth-order valence-corrected chi connectivity index (χ4v) is 2.62. The quantitative estimate of drug-likeness (QED) is 0.853. The van der Waals surface area contributed by atoms with Crippen LogP contribution < -0.4 is 4.74 Å². The molecular weight excluding hydrogens is 238 g/mol. The van der Waals surface area contributed by atoms with Gasteiger partial charge >= 0.3 is 0 Å². The zero-order valence-corrected chi connectivity index (χ0v) is 12.1. The summed E-state index contributed by atoms with van der Waals surface area (Å²) in [7, 11) is 0. The number of benzene rings is 1. The van der Waals surface area contributed by atoms with Gasteiger partial charge in [-0.25, -0.2) is 0 Å². The van der Waals surface area contributed by atoms with Crippen LogP contribution in [0.25, 0.3) is 0 Å². The van der Waals surface area contributed by atoms with Gasteiger partial charge in [0.05, 0.1) is 6.61 Å². The summed E-state index contributed by atoms with van der Waals surface area (Å²) >= 11 is 0. The summed E-state index contributed by atoms with van der Waals surface area (Å²) in [5.41, 5.74) is 1.00. The van der Waals surface area contributed by atoms with E-state index in [0.29, 0.717) is 12.4 Å². The average Bonchev–Trinajstić information content (AvgIpc) is 2.87. The number of hydrogen-bond acceptors (Lipinski definition) is 3. The molecule has 1 N–H and O–H groups in total. The average molecular weight is 263 g/mol. The van der Waals surface area contributed by atoms with Crippen LogP contribution in [0.1, 0.15) is 38.7 Å². The molecule has 0 aliphatic carbocycles. The lowest BCUT2D eigenvalue weighted by molar-refractivity contribution is 0.304. The lowest BCUT2D eigenvalue weighted by Gasteiger charge is -2.17. The highest BCUT2D eigenvalue weighted by Crippen LogP contribution is 2.27. The SMILES string of the molecule is CCCOc1ccc(CN2CCC(CC)C2)c(O)c1. The highest BCUT2D eigenvalue weighted by atomic mass is 16.5. The standard InChI is InChI=1S/C16H25NO2/c1-3-9-19-15-6-5-14(16(18)10-15)12-17-8-7-13(4-2)11-17/h5-6,10,13,18H,3-4,7-9,11-12H2,1-2H3. The third-order valence-corrected chi connectivity index (χ3v) is 3.87. The van der Waals surface area contributed by atoms with Gasteiger partial charge in [0.15, 0.2) is 0 Å². The number of phenols is 1. The minimum Gasteiger partial charge on any atom is -0.507 e. The van der Waals surface area contributed by atoms with E-state index in [9.17, 15) is 5.11 Å². The molecule has 1 aromatic carbocycles. The lowest BCUT2D eigenvalue weighted by Crippen LogP contribution is -2.20. The van der Waals surface area contributed by atoms with Crippen molar-refractivity contribution in [3.8, 4) is 11.5 Å². The number of nitrogens with zero attached hydrogens (tertiary/aromatic N) is 1. The van der Waals surface area contributed by atoms with Crippen molar-refractivity contribution in [1.82, 2.24) is 4.90 Å². The van der Waals surface area contributed by atoms with Gasteiger partial charge in [0.1, 0.15) is 11.5 Å². The molecule has 1 aliphatic heterocycles. The van der Waals surface area contributed by atoms with Crippen LogP contribution in [0.15, 0.2) is 18.2 Å². The molecule has 1 aromatic rings. The number of aromatic hydroxyl groups is 1. The highest BCUT2D eigenvalue weighted by Gasteiger charge is 2.21. The van der Waals surface area contributed by atoms with Crippen molar-refractivity contribution in [1.29, 1.82) is 0 Å². The Hall–Kier alpha value is -1.22. The number of phenolic OH excluding ortho intramolecular Hbond substituents is 1. The van der Waals surface area contributed by atoms with E-state index in [2.05, 4.69) is 18.7 Å². The summed E-state index contributed by atoms with van der Waals surface area (Å²) in [4.78, 5) is 2.43. The van der Waals surface area contributed by atoms with Gasteiger partial charge < -0.3 is 9.84 Å². The van der Waals surface area contributed by atoms with Crippen LogP contribution >= 0.6 is 0 Å². The Bertz CT molecular complexity index is 406. The van der Waals surface area contributed by atoms with Crippen molar-refractivity contribution in [3.05, 3.63) is 23.8 Å². The second kappa shape index (κ2) is 6.80. The van der Waals surface area contributed by atoms with E-state index in [4.69, 9.17) is 4.74 Å². The van der Waals surface area contributed by atoms with Crippen LogP contribution in [-0.4, -0.2) is 29.7 Å². The number of likely N-dealkylation sites (tertiary alicyclic amines) is 1. The predicted octanol–water partition coefficient (Wildman–Crippen LogP) is 3.41. The van der Waals surface area contributed by atoms with E-state index in [-0.39, 0.29) is 0 Å². The minimum absolute atomic E-state index is 0.355. The normalized spacial score (nSPS) is 19.8. The Morgan fingerprint density at radius 1 is 1.37 bits per heavy atom. The Morgan fingerprint density at radius 3 is 2.84 bits per heavy atom. The van der Waals surface area contributed by atoms with Gasteiger partial charge in [-0.1, -0.05) is 26.3 Å². The minimum atomic E-state index is 0.355. The molecule has 106 valence electrons. The molecule has 0 bridgehead atoms. The smallest absolute Gasteiger partial charge is 0.123 e. The van der Waals surface area contributed by atoms with E-state index in [1.807, 2.05) is 12.1 Å². The van der Waals surface area contributed by atoms with Crippen molar-refractivity contribution >= 4 is 0 Å². The van der Waals surface area contributed by atoms with Crippen molar-refractivity contribution in [2.75, 3.05) is 19.7 Å². The molecule has 0 spiro atoms. The Labute approximate surface area is 116 Å². The molecule has 2 rings (SSSR count). The molecule has 1 heterocycles. The molecule has 3 nitrogen and oxygen atoms in total. The molecule has 3 heteroatoms. The fourth-order valence-electron chi connectivity index (χ4n) is 2.62. The fraction of sp³-hybridized carbons (Fsp3) is 0.625. The second-order valence-electron chi connectivity index (χ2n) is 5.44. The van der Waals surface area contributed by atoms with Crippen LogP contribution in [0.3, 0.4) is 0 Å². The molecule has 0 aromatic heterocycles. The molecule has 0 amide bonds. The first-order chi connectivity index (χ1) is 9.22. The first kappa shape index (κ1) is 14.2. The third-order valence-electron chi connectivity index (χ3n) is 3.87. The third kappa shape index (κ3) is 3.87. The van der Waals surface area contributed by atoms with Gasteiger partial charge in [0, 0.05) is 24.7 Å². The topological polar surface area (TPSA) is 32.7 Å². The van der Waals surface area contributed by atoms with Crippen molar-refractivity contribution < 1.29 is 9.84 Å². The number of rotatable bonds is 6. The van der Waals surface area contributed by atoms with E-state index >= 15 is 0 Å². The summed E-state index contributed by atoms with van der Waals surface area (Å²) in [5, 5.41) is 10.1. The first-order valence-electron chi connectivity index (χ1n) is 7.40.